The number of rotatable bonds is 6. The first-order chi connectivity index (χ1) is 13.7. The molecule has 0 atom stereocenters. The van der Waals surface area contributed by atoms with Gasteiger partial charge in [0, 0.05) is 13.1 Å². The van der Waals surface area contributed by atoms with Crippen LogP contribution in [0.1, 0.15) is 43.2 Å². The summed E-state index contributed by atoms with van der Waals surface area (Å²) in [6.45, 7) is 2.24. The van der Waals surface area contributed by atoms with Crippen molar-refractivity contribution in [2.24, 2.45) is 5.92 Å². The number of hydrogen-bond acceptors (Lipinski definition) is 5. The van der Waals surface area contributed by atoms with E-state index in [-0.39, 0.29) is 17.9 Å². The summed E-state index contributed by atoms with van der Waals surface area (Å²) in [4.78, 5) is 19.8. The van der Waals surface area contributed by atoms with Gasteiger partial charge in [0.2, 0.25) is 11.7 Å². The predicted molar refractivity (Wildman–Crippen MR) is 103 cm³/mol. The Kier molecular flexibility index (Phi) is 5.29. The van der Waals surface area contributed by atoms with E-state index in [2.05, 4.69) is 16.0 Å². The van der Waals surface area contributed by atoms with Crippen LogP contribution >= 0.6 is 0 Å². The van der Waals surface area contributed by atoms with Gasteiger partial charge in [-0.15, -0.1) is 0 Å². The van der Waals surface area contributed by atoms with E-state index >= 15 is 0 Å². The molecule has 1 aliphatic carbocycles. The Labute approximate surface area is 163 Å². The number of anilines is 1. The fraction of sp³-hybridized carbons (Fsp3) is 0.476. The van der Waals surface area contributed by atoms with Crippen molar-refractivity contribution < 1.29 is 9.13 Å². The lowest BCUT2D eigenvalue weighted by atomic mass is 10.1. The first kappa shape index (κ1) is 18.5. The van der Waals surface area contributed by atoms with Crippen LogP contribution in [0.15, 0.2) is 29.2 Å². The minimum Gasteiger partial charge on any atom is -0.486 e. The molecule has 0 bridgehead atoms. The van der Waals surface area contributed by atoms with Gasteiger partial charge in [-0.2, -0.15) is 5.26 Å². The highest BCUT2D eigenvalue weighted by atomic mass is 19.1. The Morgan fingerprint density at radius 1 is 1.25 bits per heavy atom. The number of nitrogens with zero attached hydrogens (tertiary/aromatic N) is 4. The molecule has 1 aliphatic heterocycles. The van der Waals surface area contributed by atoms with E-state index in [1.807, 2.05) is 0 Å². The number of benzene rings is 1. The molecular formula is C21H23FN4O2. The van der Waals surface area contributed by atoms with Crippen LogP contribution in [0.25, 0.3) is 0 Å². The van der Waals surface area contributed by atoms with Crippen LogP contribution in [0.3, 0.4) is 0 Å². The smallest absolute Gasteiger partial charge is 0.297 e. The highest BCUT2D eigenvalue weighted by molar-refractivity contribution is 5.41. The number of aromatic nitrogens is 2. The average molecular weight is 382 g/mol. The molecule has 2 aromatic rings. The van der Waals surface area contributed by atoms with Crippen molar-refractivity contribution in [2.45, 2.75) is 38.6 Å². The molecule has 2 heterocycles. The Morgan fingerprint density at radius 2 is 2.04 bits per heavy atom. The first-order valence-electron chi connectivity index (χ1n) is 9.82. The Balaban J connectivity index is 1.72. The van der Waals surface area contributed by atoms with Crippen LogP contribution in [0.2, 0.25) is 0 Å². The molecule has 0 amide bonds. The molecule has 1 aromatic heterocycles. The number of nitriles is 1. The maximum Gasteiger partial charge on any atom is 0.297 e. The Bertz CT molecular complexity index is 956. The van der Waals surface area contributed by atoms with Crippen molar-refractivity contribution in [3.8, 4) is 11.8 Å². The summed E-state index contributed by atoms with van der Waals surface area (Å²) in [6, 6.07) is 6.08. The quantitative estimate of drug-likeness (QED) is 0.768. The SMILES string of the molecule is N#Cc1ccc(F)cc1Cn1c(N2CCCCC2)ncc(OCC2CC2)c1=O. The van der Waals surface area contributed by atoms with Gasteiger partial charge in [0.1, 0.15) is 5.82 Å². The average Bonchev–Trinajstić information content (AvgIpc) is 3.54. The van der Waals surface area contributed by atoms with Gasteiger partial charge >= 0.3 is 0 Å². The third kappa shape index (κ3) is 4.01. The number of ether oxygens (including phenoxy) is 1. The highest BCUT2D eigenvalue weighted by Crippen LogP contribution is 2.29. The summed E-state index contributed by atoms with van der Waals surface area (Å²) < 4.78 is 21.0. The van der Waals surface area contributed by atoms with E-state index in [1.54, 1.807) is 0 Å². The molecule has 4 rings (SSSR count). The third-order valence-electron chi connectivity index (χ3n) is 5.32. The molecule has 146 valence electrons. The third-order valence-corrected chi connectivity index (χ3v) is 5.32. The largest absolute Gasteiger partial charge is 0.486 e. The van der Waals surface area contributed by atoms with Gasteiger partial charge in [-0.25, -0.2) is 9.37 Å². The van der Waals surface area contributed by atoms with Crippen LogP contribution in [0, 0.1) is 23.1 Å². The molecule has 28 heavy (non-hydrogen) atoms. The molecule has 0 spiro atoms. The second kappa shape index (κ2) is 8.01. The van der Waals surface area contributed by atoms with E-state index in [9.17, 15) is 14.4 Å². The normalized spacial score (nSPS) is 16.6. The molecule has 2 fully saturated rings. The van der Waals surface area contributed by atoms with Crippen molar-refractivity contribution in [3.63, 3.8) is 0 Å². The van der Waals surface area contributed by atoms with Gasteiger partial charge in [-0.05, 0) is 61.8 Å². The molecule has 1 aromatic carbocycles. The lowest BCUT2D eigenvalue weighted by Crippen LogP contribution is -2.37. The van der Waals surface area contributed by atoms with Crippen molar-refractivity contribution in [2.75, 3.05) is 24.6 Å². The van der Waals surface area contributed by atoms with Gasteiger partial charge in [-0.1, -0.05) is 0 Å². The summed E-state index contributed by atoms with van der Waals surface area (Å²) in [5.41, 5.74) is 0.524. The molecule has 7 heteroatoms. The van der Waals surface area contributed by atoms with Crippen LogP contribution < -0.4 is 15.2 Å². The fourth-order valence-electron chi connectivity index (χ4n) is 3.52. The minimum atomic E-state index is -0.435. The molecular weight excluding hydrogens is 359 g/mol. The summed E-state index contributed by atoms with van der Waals surface area (Å²) >= 11 is 0. The van der Waals surface area contributed by atoms with Gasteiger partial charge in [-0.3, -0.25) is 9.36 Å². The van der Waals surface area contributed by atoms with Crippen molar-refractivity contribution >= 4 is 5.95 Å². The van der Waals surface area contributed by atoms with Crippen molar-refractivity contribution in [1.29, 1.82) is 5.26 Å². The first-order valence-corrected chi connectivity index (χ1v) is 9.82. The van der Waals surface area contributed by atoms with Crippen molar-refractivity contribution in [3.05, 3.63) is 51.7 Å². The van der Waals surface area contributed by atoms with Gasteiger partial charge in [0.05, 0.1) is 31.0 Å². The molecule has 1 saturated carbocycles. The molecule has 1 saturated heterocycles. The zero-order valence-corrected chi connectivity index (χ0v) is 15.7. The second-order valence-electron chi connectivity index (χ2n) is 7.53. The van der Waals surface area contributed by atoms with Crippen LogP contribution in [0.4, 0.5) is 10.3 Å². The molecule has 2 aliphatic rings. The zero-order chi connectivity index (χ0) is 19.5. The Morgan fingerprint density at radius 3 is 2.75 bits per heavy atom. The molecule has 0 radical (unpaired) electrons. The van der Waals surface area contributed by atoms with Crippen LogP contribution in [-0.4, -0.2) is 29.2 Å². The molecule has 0 unspecified atom stereocenters. The monoisotopic (exact) mass is 382 g/mol. The van der Waals surface area contributed by atoms with E-state index in [4.69, 9.17) is 4.74 Å². The molecule has 0 N–H and O–H groups in total. The topological polar surface area (TPSA) is 71.2 Å². The highest BCUT2D eigenvalue weighted by Gasteiger charge is 2.24. The predicted octanol–water partition coefficient (Wildman–Crippen LogP) is 3.08. The molecule has 6 nitrogen and oxygen atoms in total. The maximum atomic E-state index is 13.8. The maximum absolute atomic E-state index is 13.8. The Hall–Kier alpha value is -2.88. The van der Waals surface area contributed by atoms with E-state index < -0.39 is 5.82 Å². The van der Waals surface area contributed by atoms with Gasteiger partial charge in [0.15, 0.2) is 0 Å². The van der Waals surface area contributed by atoms with Crippen molar-refractivity contribution in [1.82, 2.24) is 9.55 Å². The number of halogens is 1. The summed E-state index contributed by atoms with van der Waals surface area (Å²) in [5, 5.41) is 9.37. The number of hydrogen-bond donors (Lipinski definition) is 0. The zero-order valence-electron chi connectivity index (χ0n) is 15.7. The lowest BCUT2D eigenvalue weighted by Gasteiger charge is -2.29. The second-order valence-corrected chi connectivity index (χ2v) is 7.53. The van der Waals surface area contributed by atoms with Gasteiger partial charge < -0.3 is 9.64 Å². The van der Waals surface area contributed by atoms with E-state index in [1.165, 1.54) is 29.0 Å². The van der Waals surface area contributed by atoms with E-state index in [0.717, 1.165) is 45.2 Å². The number of piperidine rings is 1. The summed E-state index contributed by atoms with van der Waals surface area (Å²) in [6.07, 6.45) is 7.00. The minimum absolute atomic E-state index is 0.0823. The lowest BCUT2D eigenvalue weighted by molar-refractivity contribution is 0.292. The fourth-order valence-corrected chi connectivity index (χ4v) is 3.52. The standard InChI is InChI=1S/C21H23FN4O2/c22-18-7-6-16(11-23)17(10-18)13-26-20(27)19(28-14-15-4-5-15)12-24-21(26)25-8-2-1-3-9-25/h6-7,10,12,15H,1-5,8-9,13-14H2. The summed E-state index contributed by atoms with van der Waals surface area (Å²) in [5.74, 6) is 0.845. The van der Waals surface area contributed by atoms with E-state index in [0.29, 0.717) is 29.6 Å². The van der Waals surface area contributed by atoms with Crippen LogP contribution in [-0.2, 0) is 6.54 Å². The summed E-state index contributed by atoms with van der Waals surface area (Å²) in [7, 11) is 0. The van der Waals surface area contributed by atoms with Crippen LogP contribution in [0.5, 0.6) is 5.75 Å². The van der Waals surface area contributed by atoms with Gasteiger partial charge in [0.25, 0.3) is 5.56 Å².